The Morgan fingerprint density at radius 2 is 2.04 bits per heavy atom. The molecule has 1 N–H and O–H groups in total. The Hall–Kier alpha value is -1.69. The monoisotopic (exact) mass is 314 g/mol. The van der Waals surface area contributed by atoms with Crippen LogP contribution in [0.3, 0.4) is 0 Å². The van der Waals surface area contributed by atoms with E-state index in [1.165, 1.54) is 0 Å². The minimum Gasteiger partial charge on any atom is -0.387 e. The van der Waals surface area contributed by atoms with E-state index in [9.17, 15) is 5.11 Å². The van der Waals surface area contributed by atoms with E-state index in [0.29, 0.717) is 12.6 Å². The molecule has 5 nitrogen and oxygen atoms in total. The molecule has 124 valence electrons. The van der Waals surface area contributed by atoms with Crippen LogP contribution in [0.15, 0.2) is 42.7 Å². The third-order valence-electron chi connectivity index (χ3n) is 4.73. The van der Waals surface area contributed by atoms with E-state index in [1.807, 2.05) is 49.8 Å². The predicted molar refractivity (Wildman–Crippen MR) is 90.9 cm³/mol. The molecular weight excluding hydrogens is 288 g/mol. The van der Waals surface area contributed by atoms with Crippen LogP contribution >= 0.6 is 0 Å². The topological polar surface area (TPSA) is 44.5 Å². The van der Waals surface area contributed by atoms with Gasteiger partial charge in [0.25, 0.3) is 0 Å². The average Bonchev–Trinajstić information content (AvgIpc) is 2.96. The molecule has 23 heavy (non-hydrogen) atoms. The number of piperazine rings is 1. The zero-order chi connectivity index (χ0) is 16.2. The maximum Gasteiger partial charge on any atom is 0.122 e. The van der Waals surface area contributed by atoms with E-state index in [1.54, 1.807) is 0 Å². The van der Waals surface area contributed by atoms with E-state index >= 15 is 0 Å². The summed E-state index contributed by atoms with van der Waals surface area (Å²) in [6.07, 6.45) is 3.43. The minimum absolute atomic E-state index is 0.417. The molecule has 0 spiro atoms. The predicted octanol–water partition coefficient (Wildman–Crippen LogP) is 1.66. The number of nitrogens with zero attached hydrogens (tertiary/aromatic N) is 4. The largest absolute Gasteiger partial charge is 0.387 e. The van der Waals surface area contributed by atoms with Gasteiger partial charge in [0.15, 0.2) is 0 Å². The van der Waals surface area contributed by atoms with Gasteiger partial charge in [0.05, 0.1) is 12.6 Å². The van der Waals surface area contributed by atoms with Crippen molar-refractivity contribution in [3.05, 3.63) is 54.1 Å². The van der Waals surface area contributed by atoms with Crippen LogP contribution in [0.5, 0.6) is 0 Å². The number of aryl methyl sites for hydroxylation is 1. The summed E-state index contributed by atoms with van der Waals surface area (Å²) < 4.78 is 2.08. The molecule has 0 amide bonds. The van der Waals surface area contributed by atoms with E-state index in [-0.39, 0.29) is 0 Å². The van der Waals surface area contributed by atoms with Crippen LogP contribution < -0.4 is 0 Å². The van der Waals surface area contributed by atoms with E-state index in [0.717, 1.165) is 37.6 Å². The van der Waals surface area contributed by atoms with Crippen LogP contribution in [0.4, 0.5) is 0 Å². The summed E-state index contributed by atoms with van der Waals surface area (Å²) in [4.78, 5) is 9.23. The molecule has 0 unspecified atom stereocenters. The van der Waals surface area contributed by atoms with Crippen molar-refractivity contribution in [1.82, 2.24) is 19.4 Å². The highest BCUT2D eigenvalue weighted by molar-refractivity contribution is 5.17. The number of aliphatic hydroxyl groups is 1. The van der Waals surface area contributed by atoms with Crippen LogP contribution in [0.2, 0.25) is 0 Å². The molecule has 1 saturated heterocycles. The Bertz CT molecular complexity index is 612. The second kappa shape index (κ2) is 7.25. The molecule has 1 aliphatic heterocycles. The molecule has 1 fully saturated rings. The summed E-state index contributed by atoms with van der Waals surface area (Å²) in [6, 6.07) is 10.4. The number of aliphatic hydroxyl groups excluding tert-OH is 1. The quantitative estimate of drug-likeness (QED) is 0.912. The summed E-state index contributed by atoms with van der Waals surface area (Å²) in [5.41, 5.74) is 0.995. The molecule has 5 heteroatoms. The molecule has 0 radical (unpaired) electrons. The first-order valence-electron chi connectivity index (χ1n) is 8.29. The zero-order valence-corrected chi connectivity index (χ0v) is 14.0. The lowest BCUT2D eigenvalue weighted by atomic mass is 10.1. The minimum atomic E-state index is -0.417. The Morgan fingerprint density at radius 3 is 2.70 bits per heavy atom. The Labute approximate surface area is 138 Å². The first kappa shape index (κ1) is 16.2. The Balaban J connectivity index is 1.53. The molecule has 2 heterocycles. The lowest BCUT2D eigenvalue weighted by molar-refractivity contribution is 0.0351. The van der Waals surface area contributed by atoms with Crippen molar-refractivity contribution >= 4 is 0 Å². The van der Waals surface area contributed by atoms with E-state index in [4.69, 9.17) is 0 Å². The van der Waals surface area contributed by atoms with Crippen molar-refractivity contribution in [1.29, 1.82) is 0 Å². The van der Waals surface area contributed by atoms with Crippen LogP contribution in [0.25, 0.3) is 0 Å². The van der Waals surface area contributed by atoms with Crippen LogP contribution in [0.1, 0.15) is 24.4 Å². The second-order valence-electron chi connectivity index (χ2n) is 6.46. The fourth-order valence-corrected chi connectivity index (χ4v) is 3.24. The maximum absolute atomic E-state index is 10.4. The molecule has 0 saturated carbocycles. The van der Waals surface area contributed by atoms with Gasteiger partial charge in [-0.3, -0.25) is 9.80 Å². The fourth-order valence-electron chi connectivity index (χ4n) is 3.24. The second-order valence-corrected chi connectivity index (χ2v) is 6.46. The van der Waals surface area contributed by atoms with Gasteiger partial charge in [-0.2, -0.15) is 0 Å². The third-order valence-corrected chi connectivity index (χ3v) is 4.73. The highest BCUT2D eigenvalue weighted by Gasteiger charge is 2.26. The first-order valence-corrected chi connectivity index (χ1v) is 8.29. The van der Waals surface area contributed by atoms with E-state index < -0.39 is 6.10 Å². The number of imidazole rings is 1. The van der Waals surface area contributed by atoms with Crippen molar-refractivity contribution in [3.8, 4) is 0 Å². The first-order chi connectivity index (χ1) is 11.1. The highest BCUT2D eigenvalue weighted by Crippen LogP contribution is 2.18. The molecular formula is C18H26N4O. The van der Waals surface area contributed by atoms with Crippen molar-refractivity contribution in [2.45, 2.75) is 25.6 Å². The highest BCUT2D eigenvalue weighted by atomic mass is 16.3. The summed E-state index contributed by atoms with van der Waals surface area (Å²) in [5.74, 6) is 1.11. The van der Waals surface area contributed by atoms with Crippen LogP contribution in [-0.4, -0.2) is 56.7 Å². The van der Waals surface area contributed by atoms with Gasteiger partial charge in [0, 0.05) is 51.7 Å². The van der Waals surface area contributed by atoms with Crippen LogP contribution in [0, 0.1) is 0 Å². The van der Waals surface area contributed by atoms with Gasteiger partial charge in [-0.15, -0.1) is 0 Å². The van der Waals surface area contributed by atoms with Gasteiger partial charge in [0.2, 0.25) is 0 Å². The van der Waals surface area contributed by atoms with Crippen LogP contribution in [-0.2, 0) is 13.6 Å². The molecule has 2 atom stereocenters. The normalized spacial score (nSPS) is 21.4. The SMILES string of the molecule is C[C@H]1CN(Cc2nccn2C)CCN1C[C@@H](O)c1ccccc1. The number of hydrogen-bond donors (Lipinski definition) is 1. The molecule has 1 aliphatic rings. The lowest BCUT2D eigenvalue weighted by Gasteiger charge is -2.40. The number of aromatic nitrogens is 2. The molecule has 0 aliphatic carbocycles. The molecule has 0 bridgehead atoms. The molecule has 2 aromatic rings. The molecule has 3 rings (SSSR count). The number of hydrogen-bond acceptors (Lipinski definition) is 4. The van der Waals surface area contributed by atoms with Crippen molar-refractivity contribution in [3.63, 3.8) is 0 Å². The zero-order valence-electron chi connectivity index (χ0n) is 14.0. The maximum atomic E-state index is 10.4. The summed E-state index contributed by atoms with van der Waals surface area (Å²) in [5, 5.41) is 10.4. The van der Waals surface area contributed by atoms with Gasteiger partial charge in [-0.05, 0) is 12.5 Å². The number of benzene rings is 1. The van der Waals surface area contributed by atoms with Gasteiger partial charge in [-0.1, -0.05) is 30.3 Å². The molecule has 1 aromatic carbocycles. The van der Waals surface area contributed by atoms with Gasteiger partial charge in [0.1, 0.15) is 5.82 Å². The van der Waals surface area contributed by atoms with Crippen molar-refractivity contribution in [2.24, 2.45) is 7.05 Å². The Morgan fingerprint density at radius 1 is 1.26 bits per heavy atom. The van der Waals surface area contributed by atoms with Gasteiger partial charge in [-0.25, -0.2) is 4.98 Å². The molecule has 1 aromatic heterocycles. The Kier molecular flexibility index (Phi) is 5.10. The van der Waals surface area contributed by atoms with Gasteiger partial charge >= 0.3 is 0 Å². The summed E-state index contributed by atoms with van der Waals surface area (Å²) >= 11 is 0. The van der Waals surface area contributed by atoms with Crippen molar-refractivity contribution in [2.75, 3.05) is 26.2 Å². The van der Waals surface area contributed by atoms with Crippen molar-refractivity contribution < 1.29 is 5.11 Å². The standard InChI is InChI=1S/C18H26N4O/c1-15-12-21(14-18-19-8-9-20(18)2)10-11-22(15)13-17(23)16-6-4-3-5-7-16/h3-9,15,17,23H,10-14H2,1-2H3/t15-,17+/m0/s1. The third kappa shape index (κ3) is 3.99. The summed E-state index contributed by atoms with van der Waals surface area (Å²) in [6.45, 7) is 6.83. The van der Waals surface area contributed by atoms with E-state index in [2.05, 4.69) is 26.3 Å². The smallest absolute Gasteiger partial charge is 0.122 e. The average molecular weight is 314 g/mol. The lowest BCUT2D eigenvalue weighted by Crippen LogP contribution is -2.52. The van der Waals surface area contributed by atoms with Gasteiger partial charge < -0.3 is 9.67 Å². The fraction of sp³-hybridized carbons (Fsp3) is 0.500. The number of β-amino-alcohol motifs (C(OH)–C–C–N with tert-alkyl or cyclic N) is 1. The number of rotatable bonds is 5. The summed E-state index contributed by atoms with van der Waals surface area (Å²) in [7, 11) is 2.04.